The number of hydrogen-bond acceptors (Lipinski definition) is 9. The molecular formula is C30H42O9. The van der Waals surface area contributed by atoms with Gasteiger partial charge in [0.05, 0.1) is 18.0 Å². The summed E-state index contributed by atoms with van der Waals surface area (Å²) in [5, 5.41) is 32.9. The van der Waals surface area contributed by atoms with Crippen molar-refractivity contribution >= 4 is 6.29 Å². The Morgan fingerprint density at radius 3 is 2.49 bits per heavy atom. The standard InChI is InChI=1S/C30H42O9/c1-28-10-8-21-22(30(28,35)12-9-20(28)17-3-6-25(34)37-15-17)5-4-18-13-19(7-11-29(18,21)16-31)38-27-24(33)14-23(32)26(36-2)39-27/h3,6,15-16,18-24,26-27,32-33,35H,4-5,7-14H2,1-2H3/t18-,19?,20?,21-,22+,23?,24?,26?,27?,28?,29?,30?/m0/s1. The van der Waals surface area contributed by atoms with E-state index in [4.69, 9.17) is 18.6 Å². The number of ether oxygens (including phenoxy) is 3. The lowest BCUT2D eigenvalue weighted by molar-refractivity contribution is -0.333. The van der Waals surface area contributed by atoms with Gasteiger partial charge in [-0.2, -0.15) is 0 Å². The lowest BCUT2D eigenvalue weighted by atomic mass is 9.43. The predicted molar refractivity (Wildman–Crippen MR) is 138 cm³/mol. The van der Waals surface area contributed by atoms with E-state index in [0.29, 0.717) is 25.7 Å². The minimum absolute atomic E-state index is 0.0448. The van der Waals surface area contributed by atoms with Crippen molar-refractivity contribution in [2.45, 2.75) is 114 Å². The zero-order valence-corrected chi connectivity index (χ0v) is 22.9. The molecule has 39 heavy (non-hydrogen) atoms. The van der Waals surface area contributed by atoms with Gasteiger partial charge in [0, 0.05) is 30.4 Å². The first-order chi connectivity index (χ1) is 18.6. The zero-order valence-electron chi connectivity index (χ0n) is 22.9. The highest BCUT2D eigenvalue weighted by Crippen LogP contribution is 2.70. The fraction of sp³-hybridized carbons (Fsp3) is 0.800. The summed E-state index contributed by atoms with van der Waals surface area (Å²) < 4.78 is 22.3. The molecule has 1 aliphatic heterocycles. The van der Waals surface area contributed by atoms with E-state index in [0.717, 1.165) is 37.7 Å². The van der Waals surface area contributed by atoms with Crippen LogP contribution in [0.1, 0.15) is 82.6 Å². The van der Waals surface area contributed by atoms with Gasteiger partial charge in [0.15, 0.2) is 12.6 Å². The number of aliphatic hydroxyl groups is 3. The molecule has 5 aliphatic rings. The SMILES string of the molecule is COC1OC(OC2CCC3(C=O)[C@@H](CC[C@@H]4[C@@H]3CCC3(C)C(c5ccc(=O)oc5)CCC43O)C2)C(O)CC1O. The van der Waals surface area contributed by atoms with Gasteiger partial charge in [0.25, 0.3) is 0 Å². The van der Waals surface area contributed by atoms with E-state index in [9.17, 15) is 24.9 Å². The first kappa shape index (κ1) is 27.5. The lowest BCUT2D eigenvalue weighted by Gasteiger charge is -2.63. The number of aliphatic hydroxyl groups excluding tert-OH is 2. The highest BCUT2D eigenvalue weighted by Gasteiger charge is 2.68. The Kier molecular flexibility index (Phi) is 7.08. The molecule has 0 aromatic carbocycles. The van der Waals surface area contributed by atoms with Crippen LogP contribution in [-0.4, -0.2) is 65.2 Å². The molecule has 0 bridgehead atoms. The summed E-state index contributed by atoms with van der Waals surface area (Å²) in [6.07, 6.45) is 6.13. The topological polar surface area (TPSA) is 136 Å². The molecule has 0 radical (unpaired) electrons. The Balaban J connectivity index is 1.19. The molecule has 12 atom stereocenters. The molecule has 1 aromatic rings. The van der Waals surface area contributed by atoms with Crippen molar-refractivity contribution < 1.29 is 38.7 Å². The van der Waals surface area contributed by atoms with Crippen LogP contribution < -0.4 is 5.63 Å². The fourth-order valence-corrected chi connectivity index (χ4v) is 9.64. The van der Waals surface area contributed by atoms with Crippen LogP contribution in [0.15, 0.2) is 27.6 Å². The van der Waals surface area contributed by atoms with Crippen molar-refractivity contribution in [2.75, 3.05) is 7.11 Å². The number of rotatable bonds is 5. The highest BCUT2D eigenvalue weighted by atomic mass is 16.8. The summed E-state index contributed by atoms with van der Waals surface area (Å²) in [5.74, 6) is 0.416. The molecule has 216 valence electrons. The van der Waals surface area contributed by atoms with Crippen LogP contribution in [0.25, 0.3) is 0 Å². The quantitative estimate of drug-likeness (QED) is 0.376. The largest absolute Gasteiger partial charge is 0.431 e. The molecule has 3 N–H and O–H groups in total. The van der Waals surface area contributed by atoms with Crippen molar-refractivity contribution in [1.29, 1.82) is 0 Å². The number of fused-ring (bicyclic) bond motifs is 5. The Bertz CT molecular complexity index is 1100. The van der Waals surface area contributed by atoms with Gasteiger partial charge in [0.2, 0.25) is 0 Å². The molecule has 0 spiro atoms. The molecule has 9 heteroatoms. The number of hydrogen-bond donors (Lipinski definition) is 3. The second-order valence-corrected chi connectivity index (χ2v) is 13.1. The van der Waals surface area contributed by atoms with E-state index in [2.05, 4.69) is 6.92 Å². The van der Waals surface area contributed by atoms with Gasteiger partial charge in [-0.15, -0.1) is 0 Å². The molecule has 9 nitrogen and oxygen atoms in total. The van der Waals surface area contributed by atoms with Crippen molar-refractivity contribution in [3.63, 3.8) is 0 Å². The monoisotopic (exact) mass is 546 g/mol. The maximum Gasteiger partial charge on any atom is 0.335 e. The van der Waals surface area contributed by atoms with Crippen LogP contribution in [0, 0.1) is 28.6 Å². The van der Waals surface area contributed by atoms with Gasteiger partial charge in [-0.3, -0.25) is 0 Å². The Labute approximate surface area is 228 Å². The minimum Gasteiger partial charge on any atom is -0.431 e. The molecule has 0 amide bonds. The van der Waals surface area contributed by atoms with Gasteiger partial charge in [0.1, 0.15) is 18.5 Å². The third kappa shape index (κ3) is 4.18. The Morgan fingerprint density at radius 1 is 0.974 bits per heavy atom. The molecule has 6 rings (SSSR count). The smallest absolute Gasteiger partial charge is 0.335 e. The molecular weight excluding hydrogens is 504 g/mol. The van der Waals surface area contributed by atoms with Crippen molar-refractivity contribution in [3.05, 3.63) is 34.4 Å². The van der Waals surface area contributed by atoms with E-state index in [1.54, 1.807) is 6.26 Å². The molecule has 4 aliphatic carbocycles. The lowest BCUT2D eigenvalue weighted by Crippen LogP contribution is -2.63. The van der Waals surface area contributed by atoms with E-state index < -0.39 is 35.8 Å². The van der Waals surface area contributed by atoms with E-state index in [1.807, 2.05) is 6.07 Å². The fourth-order valence-electron chi connectivity index (χ4n) is 9.64. The minimum atomic E-state index is -0.946. The Hall–Kier alpha value is -1.62. The average Bonchev–Trinajstić information content (AvgIpc) is 3.21. The zero-order chi connectivity index (χ0) is 27.6. The maximum absolute atomic E-state index is 13.0. The number of aldehydes is 1. The van der Waals surface area contributed by atoms with Gasteiger partial charge in [-0.1, -0.05) is 6.92 Å². The average molecular weight is 547 g/mol. The molecule has 1 aromatic heterocycles. The van der Waals surface area contributed by atoms with Crippen LogP contribution in [0.2, 0.25) is 0 Å². The van der Waals surface area contributed by atoms with Gasteiger partial charge in [-0.05, 0) is 93.1 Å². The second-order valence-electron chi connectivity index (χ2n) is 13.1. The van der Waals surface area contributed by atoms with Crippen LogP contribution >= 0.6 is 0 Å². The number of methoxy groups -OCH3 is 1. The van der Waals surface area contributed by atoms with Gasteiger partial charge in [-0.25, -0.2) is 4.79 Å². The Morgan fingerprint density at radius 2 is 1.77 bits per heavy atom. The number of carbonyl (C=O) groups excluding carboxylic acids is 1. The maximum atomic E-state index is 13.0. The molecule has 1 saturated heterocycles. The summed E-state index contributed by atoms with van der Waals surface area (Å²) in [5.41, 5.74) is -1.11. The molecule has 5 fully saturated rings. The summed E-state index contributed by atoms with van der Waals surface area (Å²) in [7, 11) is 1.45. The molecule has 2 heterocycles. The third-order valence-corrected chi connectivity index (χ3v) is 11.7. The van der Waals surface area contributed by atoms with E-state index >= 15 is 0 Å². The summed E-state index contributed by atoms with van der Waals surface area (Å²) in [4.78, 5) is 24.5. The van der Waals surface area contributed by atoms with Crippen LogP contribution in [0.3, 0.4) is 0 Å². The third-order valence-electron chi connectivity index (χ3n) is 11.7. The highest BCUT2D eigenvalue weighted by molar-refractivity contribution is 5.62. The first-order valence-electron chi connectivity index (χ1n) is 14.6. The van der Waals surface area contributed by atoms with Crippen molar-refractivity contribution in [3.8, 4) is 0 Å². The van der Waals surface area contributed by atoms with Crippen LogP contribution in [0.4, 0.5) is 0 Å². The van der Waals surface area contributed by atoms with Crippen molar-refractivity contribution in [2.24, 2.45) is 28.6 Å². The van der Waals surface area contributed by atoms with Gasteiger partial charge < -0.3 is 38.7 Å². The van der Waals surface area contributed by atoms with E-state index in [1.165, 1.54) is 19.5 Å². The van der Waals surface area contributed by atoms with Gasteiger partial charge >= 0.3 is 5.63 Å². The van der Waals surface area contributed by atoms with Crippen molar-refractivity contribution in [1.82, 2.24) is 0 Å². The predicted octanol–water partition coefficient (Wildman–Crippen LogP) is 2.89. The first-order valence-corrected chi connectivity index (χ1v) is 14.6. The summed E-state index contributed by atoms with van der Waals surface area (Å²) >= 11 is 0. The van der Waals surface area contributed by atoms with Crippen LogP contribution in [0.5, 0.6) is 0 Å². The summed E-state index contributed by atoms with van der Waals surface area (Å²) in [6, 6.07) is 3.30. The molecule has 9 unspecified atom stereocenters. The van der Waals surface area contributed by atoms with Crippen LogP contribution in [-0.2, 0) is 19.0 Å². The second kappa shape index (κ2) is 10.0. The van der Waals surface area contributed by atoms with E-state index in [-0.39, 0.29) is 47.2 Å². The normalized spacial score (nSPS) is 49.5. The summed E-state index contributed by atoms with van der Waals surface area (Å²) in [6.45, 7) is 2.19. The molecule has 4 saturated carbocycles. The number of carbonyl (C=O) groups is 1.